The normalized spacial score (nSPS) is 13.5. The third-order valence-electron chi connectivity index (χ3n) is 6.04. The Bertz CT molecular complexity index is 1620. The van der Waals surface area contributed by atoms with Crippen LogP contribution in [0.2, 0.25) is 0 Å². The van der Waals surface area contributed by atoms with E-state index in [2.05, 4.69) is 20.9 Å². The molecular formula is C26H24N6O4. The first-order valence-corrected chi connectivity index (χ1v) is 11.4. The van der Waals surface area contributed by atoms with Gasteiger partial charge in [-0.05, 0) is 36.4 Å². The Labute approximate surface area is 205 Å². The summed E-state index contributed by atoms with van der Waals surface area (Å²) in [5.74, 6) is -1.47. The molecule has 1 aliphatic heterocycles. The molecule has 0 radical (unpaired) electrons. The predicted octanol–water partition coefficient (Wildman–Crippen LogP) is 2.57. The van der Waals surface area contributed by atoms with E-state index >= 15 is 0 Å². The van der Waals surface area contributed by atoms with Crippen LogP contribution in [-0.4, -0.2) is 39.7 Å². The first kappa shape index (κ1) is 23.1. The van der Waals surface area contributed by atoms with Crippen molar-refractivity contribution in [3.8, 4) is 0 Å². The summed E-state index contributed by atoms with van der Waals surface area (Å²) < 4.78 is 1.92. The maximum absolute atomic E-state index is 13.2. The van der Waals surface area contributed by atoms with Crippen LogP contribution in [0.1, 0.15) is 25.0 Å². The number of rotatable bonds is 6. The number of hydrogen-bond donors (Lipinski definition) is 5. The maximum Gasteiger partial charge on any atom is 0.259 e. The summed E-state index contributed by atoms with van der Waals surface area (Å²) in [4.78, 5) is 52.6. The van der Waals surface area contributed by atoms with Crippen molar-refractivity contribution >= 4 is 68.0 Å². The smallest absolute Gasteiger partial charge is 0.259 e. The molecule has 0 atom stereocenters. The molecule has 0 spiro atoms. The number of amides is 4. The van der Waals surface area contributed by atoms with E-state index in [1.165, 1.54) is 13.8 Å². The first-order chi connectivity index (χ1) is 17.3. The largest absolute Gasteiger partial charge is 0.361 e. The number of carbonyl (C=O) groups excluding carboxylic acids is 4. The van der Waals surface area contributed by atoms with E-state index in [4.69, 9.17) is 5.73 Å². The minimum atomic E-state index is -0.515. The molecule has 182 valence electrons. The van der Waals surface area contributed by atoms with Crippen LogP contribution in [0.3, 0.4) is 0 Å². The summed E-state index contributed by atoms with van der Waals surface area (Å²) in [6, 6.07) is 10.7. The molecule has 0 saturated carbocycles. The van der Waals surface area contributed by atoms with Gasteiger partial charge in [-0.25, -0.2) is 0 Å². The van der Waals surface area contributed by atoms with E-state index in [1.54, 1.807) is 42.7 Å². The number of H-pyrrole nitrogens is 1. The van der Waals surface area contributed by atoms with Gasteiger partial charge in [-0.1, -0.05) is 0 Å². The highest BCUT2D eigenvalue weighted by Crippen LogP contribution is 2.39. The van der Waals surface area contributed by atoms with Gasteiger partial charge in [-0.2, -0.15) is 0 Å². The molecule has 0 aliphatic carbocycles. The summed E-state index contributed by atoms with van der Waals surface area (Å²) >= 11 is 0. The van der Waals surface area contributed by atoms with E-state index in [1.807, 2.05) is 10.6 Å². The molecule has 0 bridgehead atoms. The van der Waals surface area contributed by atoms with Gasteiger partial charge in [0.1, 0.15) is 0 Å². The zero-order valence-corrected chi connectivity index (χ0v) is 19.7. The molecule has 2 aromatic carbocycles. The Morgan fingerprint density at radius 2 is 1.50 bits per heavy atom. The number of aromatic nitrogens is 2. The number of fused-ring (bicyclic) bond motifs is 2. The molecule has 3 heterocycles. The van der Waals surface area contributed by atoms with Crippen LogP contribution in [0.25, 0.3) is 33.0 Å². The fraction of sp³-hybridized carbons (Fsp3) is 0.154. The molecule has 0 unspecified atom stereocenters. The van der Waals surface area contributed by atoms with Crippen LogP contribution in [0.4, 0.5) is 11.4 Å². The average molecular weight is 485 g/mol. The van der Waals surface area contributed by atoms with Gasteiger partial charge < -0.3 is 25.9 Å². The van der Waals surface area contributed by atoms with Gasteiger partial charge in [-0.15, -0.1) is 0 Å². The SMILES string of the molecule is CC(=O)Nc1ccc2[nH]cc(C3=C(c4cn(CCN)c5ccc(NC(C)=O)cc45)C(=O)NC3=O)c2c1. The number of carbonyl (C=O) groups is 4. The van der Waals surface area contributed by atoms with Gasteiger partial charge in [0.2, 0.25) is 11.8 Å². The number of imide groups is 1. The highest BCUT2D eigenvalue weighted by atomic mass is 16.2. The number of benzene rings is 2. The minimum absolute atomic E-state index is 0.220. The molecule has 0 fully saturated rings. The summed E-state index contributed by atoms with van der Waals surface area (Å²) in [5.41, 5.74) is 10.1. The van der Waals surface area contributed by atoms with Crippen LogP contribution >= 0.6 is 0 Å². The van der Waals surface area contributed by atoms with Crippen molar-refractivity contribution in [1.82, 2.24) is 14.9 Å². The van der Waals surface area contributed by atoms with Crippen molar-refractivity contribution < 1.29 is 19.2 Å². The standard InChI is InChI=1S/C26H24N6O4/c1-13(33)29-15-3-5-21-17(9-15)19(11-28-21)23-24(26(36)31-25(23)35)20-12-32(8-7-27)22-6-4-16(10-18(20)22)30-14(2)34/h3-6,9-12,28H,7-8,27H2,1-2H3,(H,29,33)(H,30,34)(H,31,35,36). The van der Waals surface area contributed by atoms with Gasteiger partial charge in [-0.3, -0.25) is 24.5 Å². The Kier molecular flexibility index (Phi) is 5.65. The monoisotopic (exact) mass is 484 g/mol. The van der Waals surface area contributed by atoms with Gasteiger partial charge in [0.05, 0.1) is 11.1 Å². The summed E-state index contributed by atoms with van der Waals surface area (Å²) in [5, 5.41) is 9.32. The van der Waals surface area contributed by atoms with Crippen molar-refractivity contribution in [3.05, 3.63) is 59.9 Å². The van der Waals surface area contributed by atoms with Crippen molar-refractivity contribution in [2.45, 2.75) is 20.4 Å². The molecule has 36 heavy (non-hydrogen) atoms. The molecule has 6 N–H and O–H groups in total. The molecule has 10 nitrogen and oxygen atoms in total. The minimum Gasteiger partial charge on any atom is -0.361 e. The number of nitrogens with one attached hydrogen (secondary N) is 4. The molecule has 1 aliphatic rings. The number of nitrogens with two attached hydrogens (primary N) is 1. The van der Waals surface area contributed by atoms with E-state index in [0.29, 0.717) is 46.4 Å². The fourth-order valence-electron chi connectivity index (χ4n) is 4.68. The lowest BCUT2D eigenvalue weighted by Gasteiger charge is -2.06. The third-order valence-corrected chi connectivity index (χ3v) is 6.04. The predicted molar refractivity (Wildman–Crippen MR) is 138 cm³/mol. The second-order valence-corrected chi connectivity index (χ2v) is 8.62. The molecule has 10 heteroatoms. The Morgan fingerprint density at radius 1 is 0.889 bits per heavy atom. The number of aromatic amines is 1. The summed E-state index contributed by atoms with van der Waals surface area (Å²) in [6.07, 6.45) is 3.48. The van der Waals surface area contributed by atoms with Crippen LogP contribution < -0.4 is 21.7 Å². The Morgan fingerprint density at radius 3 is 2.14 bits per heavy atom. The van der Waals surface area contributed by atoms with Crippen molar-refractivity contribution in [2.75, 3.05) is 17.2 Å². The Hall–Kier alpha value is -4.70. The second kappa shape index (κ2) is 8.82. The summed E-state index contributed by atoms with van der Waals surface area (Å²) in [6.45, 7) is 3.71. The lowest BCUT2D eigenvalue weighted by Crippen LogP contribution is -2.22. The lowest BCUT2D eigenvalue weighted by molar-refractivity contribution is -0.123. The fourth-order valence-corrected chi connectivity index (χ4v) is 4.68. The topological polar surface area (TPSA) is 151 Å². The average Bonchev–Trinajstić information content (AvgIpc) is 3.46. The van der Waals surface area contributed by atoms with Crippen molar-refractivity contribution in [3.63, 3.8) is 0 Å². The van der Waals surface area contributed by atoms with Gasteiger partial charge >= 0.3 is 0 Å². The zero-order valence-electron chi connectivity index (χ0n) is 19.7. The molecular weight excluding hydrogens is 460 g/mol. The quantitative estimate of drug-likeness (QED) is 0.267. The highest BCUT2D eigenvalue weighted by molar-refractivity contribution is 6.50. The third kappa shape index (κ3) is 3.93. The van der Waals surface area contributed by atoms with Gasteiger partial charge in [0.25, 0.3) is 11.8 Å². The molecule has 2 aromatic heterocycles. The number of hydrogen-bond acceptors (Lipinski definition) is 5. The second-order valence-electron chi connectivity index (χ2n) is 8.62. The molecule has 4 aromatic rings. The van der Waals surface area contributed by atoms with Crippen molar-refractivity contribution in [2.24, 2.45) is 5.73 Å². The van der Waals surface area contributed by atoms with Crippen LogP contribution in [0.15, 0.2) is 48.8 Å². The first-order valence-electron chi connectivity index (χ1n) is 11.4. The van der Waals surface area contributed by atoms with Crippen molar-refractivity contribution in [1.29, 1.82) is 0 Å². The Balaban J connectivity index is 1.77. The van der Waals surface area contributed by atoms with Gasteiger partial charge in [0.15, 0.2) is 0 Å². The summed E-state index contributed by atoms with van der Waals surface area (Å²) in [7, 11) is 0. The van der Waals surface area contributed by atoms with E-state index in [0.717, 1.165) is 11.0 Å². The molecule has 4 amide bonds. The van der Waals surface area contributed by atoms with E-state index in [-0.39, 0.29) is 23.0 Å². The molecule has 0 saturated heterocycles. The maximum atomic E-state index is 13.2. The number of nitrogens with zero attached hydrogens (tertiary/aromatic N) is 1. The van der Waals surface area contributed by atoms with E-state index in [9.17, 15) is 19.2 Å². The highest BCUT2D eigenvalue weighted by Gasteiger charge is 2.35. The number of anilines is 2. The zero-order chi connectivity index (χ0) is 25.6. The van der Waals surface area contributed by atoms with E-state index < -0.39 is 11.8 Å². The molecule has 5 rings (SSSR count). The lowest BCUT2D eigenvalue weighted by atomic mass is 9.95. The van der Waals surface area contributed by atoms with Gasteiger partial charge in [0, 0.05) is 83.6 Å². The van der Waals surface area contributed by atoms with Crippen LogP contribution in [0, 0.1) is 0 Å². The van der Waals surface area contributed by atoms with Crippen LogP contribution in [-0.2, 0) is 25.7 Å². The van der Waals surface area contributed by atoms with Crippen LogP contribution in [0.5, 0.6) is 0 Å².